The summed E-state index contributed by atoms with van der Waals surface area (Å²) in [6, 6.07) is 0. The lowest BCUT2D eigenvalue weighted by Gasteiger charge is -2.07. The van der Waals surface area contributed by atoms with Crippen LogP contribution in [0, 0.1) is 4.77 Å². The van der Waals surface area contributed by atoms with Gasteiger partial charge in [0.25, 0.3) is 0 Å². The van der Waals surface area contributed by atoms with Crippen molar-refractivity contribution in [1.29, 1.82) is 0 Å². The third-order valence-electron chi connectivity index (χ3n) is 2.24. The van der Waals surface area contributed by atoms with Crippen molar-refractivity contribution in [1.82, 2.24) is 15.2 Å². The maximum absolute atomic E-state index is 4.88. The molecule has 1 N–H and O–H groups in total. The van der Waals surface area contributed by atoms with Crippen LogP contribution in [0.1, 0.15) is 11.6 Å². The maximum Gasteiger partial charge on any atom is 0.215 e. The van der Waals surface area contributed by atoms with Crippen LogP contribution in [0.2, 0.25) is 0 Å². The van der Waals surface area contributed by atoms with E-state index in [0.29, 0.717) is 10.6 Å². The van der Waals surface area contributed by atoms with Gasteiger partial charge in [0, 0.05) is 0 Å². The fourth-order valence-electron chi connectivity index (χ4n) is 1.62. The standard InChI is InChI=1S/C9H6N4S/c14-9-11-8-7(12-13-9)5-3-1-2-4-6(5)10-8/h1-5H,(H,11,13,14). The first kappa shape index (κ1) is 7.75. The summed E-state index contributed by atoms with van der Waals surface area (Å²) in [6.07, 6.45) is 7.97. The van der Waals surface area contributed by atoms with Gasteiger partial charge in [-0.25, -0.2) is 4.99 Å². The Kier molecular flexibility index (Phi) is 1.49. The Balaban J connectivity index is 2.24. The SMILES string of the molecule is S=c1nc2c(n[nH]1)C1C=CC=CC1=N2. The zero-order valence-corrected chi connectivity index (χ0v) is 7.95. The molecule has 0 saturated carbocycles. The van der Waals surface area contributed by atoms with Crippen LogP contribution in [-0.2, 0) is 0 Å². The van der Waals surface area contributed by atoms with Gasteiger partial charge in [-0.3, -0.25) is 5.10 Å². The maximum atomic E-state index is 4.88. The van der Waals surface area contributed by atoms with Crippen LogP contribution in [0.15, 0.2) is 29.3 Å². The normalized spacial score (nSPS) is 21.7. The molecule has 1 aliphatic carbocycles. The van der Waals surface area contributed by atoms with E-state index in [4.69, 9.17) is 12.2 Å². The molecule has 1 atom stereocenters. The number of nitrogens with zero attached hydrogens (tertiary/aromatic N) is 3. The predicted octanol–water partition coefficient (Wildman–Crippen LogP) is 1.83. The minimum absolute atomic E-state index is 0.148. The quantitative estimate of drug-likeness (QED) is 0.653. The number of rotatable bonds is 0. The van der Waals surface area contributed by atoms with Crippen LogP contribution in [0.3, 0.4) is 0 Å². The van der Waals surface area contributed by atoms with Gasteiger partial charge in [-0.1, -0.05) is 18.2 Å². The first-order chi connectivity index (χ1) is 6.84. The van der Waals surface area contributed by atoms with Crippen LogP contribution < -0.4 is 0 Å². The molecule has 0 saturated heterocycles. The number of aromatic nitrogens is 3. The first-order valence-corrected chi connectivity index (χ1v) is 4.65. The summed E-state index contributed by atoms with van der Waals surface area (Å²) in [5, 5.41) is 6.84. The molecule has 5 heteroatoms. The highest BCUT2D eigenvalue weighted by Gasteiger charge is 2.27. The lowest BCUT2D eigenvalue weighted by molar-refractivity contribution is 0.883. The Hall–Kier alpha value is -1.62. The predicted molar refractivity (Wildman–Crippen MR) is 55.3 cm³/mol. The van der Waals surface area contributed by atoms with Gasteiger partial charge in [0.2, 0.25) is 4.77 Å². The Morgan fingerprint density at radius 3 is 3.21 bits per heavy atom. The summed E-state index contributed by atoms with van der Waals surface area (Å²) in [5.41, 5.74) is 1.84. The average Bonchev–Trinajstić information content (AvgIpc) is 2.54. The van der Waals surface area contributed by atoms with Gasteiger partial charge in [0.05, 0.1) is 11.6 Å². The van der Waals surface area contributed by atoms with Crippen molar-refractivity contribution in [2.75, 3.05) is 0 Å². The topological polar surface area (TPSA) is 53.9 Å². The third-order valence-corrected chi connectivity index (χ3v) is 2.42. The molecule has 2 heterocycles. The minimum Gasteiger partial charge on any atom is -0.252 e. The number of hydrogen-bond acceptors (Lipinski definition) is 4. The van der Waals surface area contributed by atoms with E-state index in [1.807, 2.05) is 18.2 Å². The Morgan fingerprint density at radius 1 is 1.36 bits per heavy atom. The second kappa shape index (κ2) is 2.68. The van der Waals surface area contributed by atoms with Gasteiger partial charge in [0.15, 0.2) is 5.82 Å². The molecule has 4 nitrogen and oxygen atoms in total. The average molecular weight is 202 g/mol. The van der Waals surface area contributed by atoms with E-state index >= 15 is 0 Å². The van der Waals surface area contributed by atoms with E-state index in [9.17, 15) is 0 Å². The molecule has 0 aromatic carbocycles. The van der Waals surface area contributed by atoms with Crippen LogP contribution in [0.4, 0.5) is 5.82 Å². The molecule has 2 aliphatic rings. The lowest BCUT2D eigenvalue weighted by atomic mass is 9.97. The Morgan fingerprint density at radius 2 is 2.29 bits per heavy atom. The fraction of sp³-hybridized carbons (Fsp3) is 0.111. The van der Waals surface area contributed by atoms with Crippen LogP contribution in [0.25, 0.3) is 0 Å². The van der Waals surface area contributed by atoms with Crippen molar-refractivity contribution < 1.29 is 0 Å². The lowest BCUT2D eigenvalue weighted by Crippen LogP contribution is -2.07. The van der Waals surface area contributed by atoms with E-state index in [1.54, 1.807) is 0 Å². The molecule has 0 fully saturated rings. The number of aliphatic imine (C=N–C) groups is 1. The van der Waals surface area contributed by atoms with Crippen molar-refractivity contribution >= 4 is 23.7 Å². The van der Waals surface area contributed by atoms with E-state index in [2.05, 4.69) is 26.2 Å². The molecule has 0 spiro atoms. The second-order valence-electron chi connectivity index (χ2n) is 3.11. The highest BCUT2D eigenvalue weighted by Crippen LogP contribution is 2.34. The van der Waals surface area contributed by atoms with Crippen molar-refractivity contribution in [3.63, 3.8) is 0 Å². The number of fused-ring (bicyclic) bond motifs is 3. The van der Waals surface area contributed by atoms with Gasteiger partial charge >= 0.3 is 0 Å². The zero-order valence-electron chi connectivity index (χ0n) is 7.14. The van der Waals surface area contributed by atoms with Gasteiger partial charge in [-0.15, -0.1) is 0 Å². The van der Waals surface area contributed by atoms with E-state index in [0.717, 1.165) is 11.4 Å². The molecular formula is C9H6N4S. The van der Waals surface area contributed by atoms with E-state index in [-0.39, 0.29) is 5.92 Å². The van der Waals surface area contributed by atoms with Crippen molar-refractivity contribution in [2.45, 2.75) is 5.92 Å². The monoisotopic (exact) mass is 202 g/mol. The Labute approximate surface area is 85.1 Å². The molecule has 0 bridgehead atoms. The number of allylic oxidation sites excluding steroid dienone is 4. The highest BCUT2D eigenvalue weighted by atomic mass is 32.1. The molecule has 1 unspecified atom stereocenters. The molecular weight excluding hydrogens is 196 g/mol. The summed E-state index contributed by atoms with van der Waals surface area (Å²) in [6.45, 7) is 0. The molecule has 0 radical (unpaired) electrons. The molecule has 0 amide bonds. The summed E-state index contributed by atoms with van der Waals surface area (Å²) in [7, 11) is 0. The summed E-state index contributed by atoms with van der Waals surface area (Å²) in [5.74, 6) is 0.791. The summed E-state index contributed by atoms with van der Waals surface area (Å²) in [4.78, 5) is 8.47. The van der Waals surface area contributed by atoms with E-state index < -0.39 is 0 Å². The molecule has 68 valence electrons. The smallest absolute Gasteiger partial charge is 0.215 e. The Bertz CT molecular complexity index is 538. The van der Waals surface area contributed by atoms with Gasteiger partial charge < -0.3 is 0 Å². The van der Waals surface area contributed by atoms with Crippen molar-refractivity contribution in [3.8, 4) is 0 Å². The largest absolute Gasteiger partial charge is 0.252 e. The van der Waals surface area contributed by atoms with Gasteiger partial charge in [0.1, 0.15) is 5.69 Å². The number of nitrogens with one attached hydrogen (secondary N) is 1. The van der Waals surface area contributed by atoms with Crippen molar-refractivity contribution in [3.05, 3.63) is 34.8 Å². The number of hydrogen-bond donors (Lipinski definition) is 1. The summed E-state index contributed by atoms with van der Waals surface area (Å²) < 4.78 is 0.375. The van der Waals surface area contributed by atoms with E-state index in [1.165, 1.54) is 0 Å². The van der Waals surface area contributed by atoms with Crippen LogP contribution in [-0.4, -0.2) is 20.9 Å². The number of H-pyrrole nitrogens is 1. The van der Waals surface area contributed by atoms with Crippen LogP contribution in [0.5, 0.6) is 0 Å². The highest BCUT2D eigenvalue weighted by molar-refractivity contribution is 7.71. The molecule has 1 aromatic rings. The minimum atomic E-state index is 0.148. The summed E-state index contributed by atoms with van der Waals surface area (Å²) >= 11 is 4.88. The molecule has 1 aliphatic heterocycles. The van der Waals surface area contributed by atoms with Gasteiger partial charge in [-0.2, -0.15) is 10.1 Å². The molecule has 3 rings (SSSR count). The molecule has 14 heavy (non-hydrogen) atoms. The van der Waals surface area contributed by atoms with Gasteiger partial charge in [-0.05, 0) is 18.3 Å². The fourth-order valence-corrected chi connectivity index (χ4v) is 1.75. The number of aromatic amines is 1. The molecule has 1 aromatic heterocycles. The second-order valence-corrected chi connectivity index (χ2v) is 3.49. The van der Waals surface area contributed by atoms with Crippen molar-refractivity contribution in [2.24, 2.45) is 4.99 Å². The zero-order chi connectivity index (χ0) is 9.54. The third kappa shape index (κ3) is 0.990. The van der Waals surface area contributed by atoms with Crippen LogP contribution >= 0.6 is 12.2 Å². The first-order valence-electron chi connectivity index (χ1n) is 4.25.